The Balaban J connectivity index is 1.67. The number of hydrogen-bond donors (Lipinski definition) is 2. The molecule has 0 fully saturated rings. The second-order valence-corrected chi connectivity index (χ2v) is 7.70. The number of carboxylic acids is 1. The number of pyridine rings is 1. The Morgan fingerprint density at radius 2 is 2.14 bits per heavy atom. The summed E-state index contributed by atoms with van der Waals surface area (Å²) < 4.78 is 14.1. The zero-order valence-corrected chi connectivity index (χ0v) is 16.1. The van der Waals surface area contributed by atoms with Crippen LogP contribution in [-0.2, 0) is 11.3 Å². The molecule has 148 valence electrons. The average Bonchev–Trinajstić information content (AvgIpc) is 3.00. The van der Waals surface area contributed by atoms with E-state index in [-0.39, 0.29) is 12.4 Å². The lowest BCUT2D eigenvalue weighted by Crippen LogP contribution is -2.34. The molecule has 0 saturated heterocycles. The number of nitrogens with zero attached hydrogens (tertiary/aromatic N) is 3. The zero-order chi connectivity index (χ0) is 20.1. The van der Waals surface area contributed by atoms with Gasteiger partial charge in [-0.25, -0.2) is 9.37 Å². The number of H-pyrrole nitrogens is 1. The summed E-state index contributed by atoms with van der Waals surface area (Å²) in [7, 11) is 2.00. The molecule has 2 aliphatic heterocycles. The van der Waals surface area contributed by atoms with Crippen LogP contribution in [0.5, 0.6) is 0 Å². The molecule has 4 heterocycles. The molecule has 0 amide bonds. The molecule has 5 rings (SSSR count). The van der Waals surface area contributed by atoms with Crippen LogP contribution >= 0.6 is 0 Å². The Bertz CT molecular complexity index is 1170. The first-order valence-corrected chi connectivity index (χ1v) is 9.65. The Hall–Kier alpha value is -3.19. The van der Waals surface area contributed by atoms with Crippen molar-refractivity contribution in [3.8, 4) is 11.1 Å². The Morgan fingerprint density at radius 1 is 1.28 bits per heavy atom. The Labute approximate surface area is 167 Å². The molecule has 2 aromatic heterocycles. The van der Waals surface area contributed by atoms with Gasteiger partial charge in [0.05, 0.1) is 6.54 Å². The average molecular weight is 392 g/mol. The molecule has 1 aromatic carbocycles. The quantitative estimate of drug-likeness (QED) is 0.714. The summed E-state index contributed by atoms with van der Waals surface area (Å²) in [6.45, 7) is 2.00. The number of halogens is 1. The molecule has 0 bridgehead atoms. The highest BCUT2D eigenvalue weighted by Gasteiger charge is 2.27. The van der Waals surface area contributed by atoms with E-state index in [0.717, 1.165) is 57.6 Å². The summed E-state index contributed by atoms with van der Waals surface area (Å²) in [4.78, 5) is 23.2. The van der Waals surface area contributed by atoms with Gasteiger partial charge >= 0.3 is 5.97 Å². The summed E-state index contributed by atoms with van der Waals surface area (Å²) in [6, 6.07) is 6.83. The van der Waals surface area contributed by atoms with E-state index in [4.69, 9.17) is 5.11 Å². The van der Waals surface area contributed by atoms with Crippen LogP contribution in [0.3, 0.4) is 0 Å². The van der Waals surface area contributed by atoms with Gasteiger partial charge in [0.15, 0.2) is 0 Å². The first-order valence-electron chi connectivity index (χ1n) is 9.65. The normalized spacial score (nSPS) is 16.5. The number of benzene rings is 1. The number of nitrogens with one attached hydrogen (secondary N) is 1. The van der Waals surface area contributed by atoms with Gasteiger partial charge in [-0.3, -0.25) is 9.69 Å². The van der Waals surface area contributed by atoms with Crippen LogP contribution in [0.15, 0.2) is 36.5 Å². The number of carboxylic acid groups (broad SMARTS) is 1. The van der Waals surface area contributed by atoms with E-state index in [2.05, 4.69) is 20.9 Å². The number of anilines is 1. The molecule has 3 aromatic rings. The summed E-state index contributed by atoms with van der Waals surface area (Å²) in [6.07, 6.45) is 4.73. The molecule has 2 N–H and O–H groups in total. The van der Waals surface area contributed by atoms with E-state index in [1.807, 2.05) is 24.1 Å². The first-order chi connectivity index (χ1) is 14.0. The van der Waals surface area contributed by atoms with Crippen molar-refractivity contribution in [2.75, 3.05) is 31.6 Å². The van der Waals surface area contributed by atoms with Crippen LogP contribution in [0.1, 0.15) is 17.7 Å². The first kappa shape index (κ1) is 17.9. The molecule has 29 heavy (non-hydrogen) atoms. The molecule has 0 atom stereocenters. The molecule has 2 aliphatic rings. The van der Waals surface area contributed by atoms with E-state index < -0.39 is 5.97 Å². The number of fused-ring (bicyclic) bond motifs is 2. The van der Waals surface area contributed by atoms with Crippen molar-refractivity contribution in [2.24, 2.45) is 0 Å². The summed E-state index contributed by atoms with van der Waals surface area (Å²) >= 11 is 0. The van der Waals surface area contributed by atoms with Crippen LogP contribution in [0.25, 0.3) is 27.7 Å². The van der Waals surface area contributed by atoms with Gasteiger partial charge in [-0.2, -0.15) is 0 Å². The van der Waals surface area contributed by atoms with E-state index in [0.29, 0.717) is 13.1 Å². The minimum absolute atomic E-state index is 0.0288. The van der Waals surface area contributed by atoms with Crippen molar-refractivity contribution in [3.05, 3.63) is 53.6 Å². The van der Waals surface area contributed by atoms with Crippen molar-refractivity contribution in [1.82, 2.24) is 14.9 Å². The van der Waals surface area contributed by atoms with Crippen molar-refractivity contribution in [2.45, 2.75) is 13.0 Å². The highest BCUT2D eigenvalue weighted by molar-refractivity contribution is 6.02. The van der Waals surface area contributed by atoms with Crippen molar-refractivity contribution in [1.29, 1.82) is 0 Å². The predicted molar refractivity (Wildman–Crippen MR) is 110 cm³/mol. The number of aromatic amines is 1. The van der Waals surface area contributed by atoms with E-state index in [9.17, 15) is 9.18 Å². The zero-order valence-electron chi connectivity index (χ0n) is 16.1. The van der Waals surface area contributed by atoms with Crippen LogP contribution < -0.4 is 4.90 Å². The van der Waals surface area contributed by atoms with Gasteiger partial charge in [-0.1, -0.05) is 6.08 Å². The molecule has 0 aliphatic carbocycles. The van der Waals surface area contributed by atoms with E-state index >= 15 is 0 Å². The van der Waals surface area contributed by atoms with Gasteiger partial charge in [0.2, 0.25) is 0 Å². The number of aromatic nitrogens is 2. The van der Waals surface area contributed by atoms with Crippen molar-refractivity contribution >= 4 is 28.3 Å². The maximum Gasteiger partial charge on any atom is 0.317 e. The Morgan fingerprint density at radius 3 is 2.97 bits per heavy atom. The number of carbonyl (C=O) groups is 1. The largest absolute Gasteiger partial charge is 0.480 e. The molecule has 0 saturated carbocycles. The predicted octanol–water partition coefficient (Wildman–Crippen LogP) is 3.49. The number of rotatable bonds is 3. The van der Waals surface area contributed by atoms with Crippen molar-refractivity contribution < 1.29 is 14.3 Å². The third-order valence-corrected chi connectivity index (χ3v) is 5.76. The monoisotopic (exact) mass is 392 g/mol. The molecule has 0 radical (unpaired) electrons. The van der Waals surface area contributed by atoms with E-state index in [1.165, 1.54) is 6.07 Å². The molecule has 0 unspecified atom stereocenters. The van der Waals surface area contributed by atoms with Gasteiger partial charge in [-0.05, 0) is 41.8 Å². The number of hydrogen-bond acceptors (Lipinski definition) is 4. The van der Waals surface area contributed by atoms with E-state index in [1.54, 1.807) is 12.3 Å². The number of aliphatic carboxylic acids is 1. The van der Waals surface area contributed by atoms with Crippen molar-refractivity contribution in [3.63, 3.8) is 0 Å². The lowest BCUT2D eigenvalue weighted by molar-refractivity contribution is -0.138. The smallest absolute Gasteiger partial charge is 0.317 e. The summed E-state index contributed by atoms with van der Waals surface area (Å²) in [5.74, 6) is -1.08. The van der Waals surface area contributed by atoms with Crippen LogP contribution in [0, 0.1) is 5.82 Å². The van der Waals surface area contributed by atoms with Crippen LogP contribution in [0.4, 0.5) is 10.1 Å². The fourth-order valence-electron chi connectivity index (χ4n) is 4.53. The van der Waals surface area contributed by atoms with Gasteiger partial charge in [0.1, 0.15) is 11.5 Å². The standard InChI is InChI=1S/C22H21FN4O2/c1-26-11-17-20-15(16-9-14(23)4-5-18(16)26)6-7-24-22(20)25-21(17)13-3-2-8-27(10-13)12-19(28)29/h3-7,9H,2,8,10-12H2,1H3,(H,24,25)(H,28,29). The molecular weight excluding hydrogens is 371 g/mol. The summed E-state index contributed by atoms with van der Waals surface area (Å²) in [5, 5.41) is 10.2. The maximum atomic E-state index is 14.1. The highest BCUT2D eigenvalue weighted by Crippen LogP contribution is 2.42. The second-order valence-electron chi connectivity index (χ2n) is 7.70. The fourth-order valence-corrected chi connectivity index (χ4v) is 4.53. The van der Waals surface area contributed by atoms with Gasteiger partial charge in [0, 0.05) is 60.8 Å². The molecule has 0 spiro atoms. The SMILES string of the molecule is CN1Cc2c(C3=CCCN(CC(=O)O)C3)[nH]c3nccc(c23)-c2cc(F)ccc21. The second kappa shape index (κ2) is 6.70. The summed E-state index contributed by atoms with van der Waals surface area (Å²) in [5.41, 5.74) is 6.77. The lowest BCUT2D eigenvalue weighted by Gasteiger charge is -2.26. The lowest BCUT2D eigenvalue weighted by atomic mass is 9.98. The maximum absolute atomic E-state index is 14.1. The molecule has 7 heteroatoms. The van der Waals surface area contributed by atoms with Gasteiger partial charge in [-0.15, -0.1) is 0 Å². The van der Waals surface area contributed by atoms with Gasteiger partial charge in [0.25, 0.3) is 0 Å². The third-order valence-electron chi connectivity index (χ3n) is 5.76. The molecule has 6 nitrogen and oxygen atoms in total. The third kappa shape index (κ3) is 2.98. The van der Waals surface area contributed by atoms with Crippen LogP contribution in [0.2, 0.25) is 0 Å². The Kier molecular flexibility index (Phi) is 4.13. The highest BCUT2D eigenvalue weighted by atomic mass is 19.1. The van der Waals surface area contributed by atoms with Crippen LogP contribution in [-0.4, -0.2) is 52.6 Å². The fraction of sp³-hybridized carbons (Fsp3) is 0.273. The van der Waals surface area contributed by atoms with Gasteiger partial charge < -0.3 is 15.0 Å². The minimum atomic E-state index is -0.817. The topological polar surface area (TPSA) is 72.5 Å². The minimum Gasteiger partial charge on any atom is -0.480 e. The molecular formula is C22H21FN4O2.